The van der Waals surface area contributed by atoms with Crippen LogP contribution in [-0.4, -0.2) is 53.6 Å². The Hall–Kier alpha value is -4.32. The maximum absolute atomic E-state index is 13.4. The number of carbonyl (C=O) groups excluding carboxylic acids is 3. The number of nitrogens with zero attached hydrogens (tertiary/aromatic N) is 3. The van der Waals surface area contributed by atoms with Gasteiger partial charge >= 0.3 is 6.09 Å². The molecule has 3 aliphatic rings. The topological polar surface area (TPSA) is 116 Å². The van der Waals surface area contributed by atoms with E-state index in [0.29, 0.717) is 17.8 Å². The SMILES string of the molecule is CN1C(=O)Cc2ccc(-c3ccc4oc(CC(C#N)NC(=O)C5C6CCC(C6)N5C(=O)OC(C)(C)C)cc4c3)cc21. The average Bonchev–Trinajstić information content (AvgIpc) is 3.69. The Kier molecular flexibility index (Phi) is 6.52. The van der Waals surface area contributed by atoms with Crippen molar-refractivity contribution >= 4 is 34.6 Å². The van der Waals surface area contributed by atoms with Crippen LogP contribution in [0.25, 0.3) is 22.1 Å². The smallest absolute Gasteiger partial charge is 0.411 e. The molecule has 2 aliphatic heterocycles. The van der Waals surface area contributed by atoms with Crippen molar-refractivity contribution in [3.63, 3.8) is 0 Å². The highest BCUT2D eigenvalue weighted by molar-refractivity contribution is 6.02. The number of nitriles is 1. The molecule has 2 bridgehead atoms. The average molecular weight is 555 g/mol. The summed E-state index contributed by atoms with van der Waals surface area (Å²) >= 11 is 0. The fourth-order valence-corrected chi connectivity index (χ4v) is 6.49. The van der Waals surface area contributed by atoms with E-state index >= 15 is 0 Å². The van der Waals surface area contributed by atoms with E-state index in [0.717, 1.165) is 47.0 Å². The van der Waals surface area contributed by atoms with Gasteiger partial charge in [0.15, 0.2) is 0 Å². The molecular formula is C32H34N4O5. The maximum atomic E-state index is 13.4. The van der Waals surface area contributed by atoms with Crippen LogP contribution in [0.3, 0.4) is 0 Å². The molecule has 9 heteroatoms. The number of hydrogen-bond donors (Lipinski definition) is 1. The third-order valence-electron chi connectivity index (χ3n) is 8.40. The van der Waals surface area contributed by atoms with Crippen LogP contribution in [0.4, 0.5) is 10.5 Å². The van der Waals surface area contributed by atoms with Crippen molar-refractivity contribution in [3.8, 4) is 17.2 Å². The van der Waals surface area contributed by atoms with Crippen LogP contribution in [0.15, 0.2) is 46.9 Å². The Bertz CT molecular complexity index is 1600. The number of hydrogen-bond acceptors (Lipinski definition) is 6. The van der Waals surface area contributed by atoms with E-state index in [4.69, 9.17) is 9.15 Å². The van der Waals surface area contributed by atoms with Crippen molar-refractivity contribution in [2.75, 3.05) is 11.9 Å². The van der Waals surface area contributed by atoms with Crippen LogP contribution >= 0.6 is 0 Å². The highest BCUT2D eigenvalue weighted by Gasteiger charge is 2.52. The number of piperidine rings is 1. The predicted octanol–water partition coefficient (Wildman–Crippen LogP) is 4.96. The highest BCUT2D eigenvalue weighted by Crippen LogP contribution is 2.43. The second-order valence-electron chi connectivity index (χ2n) is 12.4. The lowest BCUT2D eigenvalue weighted by Gasteiger charge is -2.35. The molecule has 41 heavy (non-hydrogen) atoms. The van der Waals surface area contributed by atoms with Gasteiger partial charge in [0.25, 0.3) is 0 Å². The number of furan rings is 1. The Morgan fingerprint density at radius 3 is 2.66 bits per heavy atom. The number of nitrogens with one attached hydrogen (secondary N) is 1. The molecule has 4 unspecified atom stereocenters. The highest BCUT2D eigenvalue weighted by atomic mass is 16.6. The van der Waals surface area contributed by atoms with E-state index in [9.17, 15) is 19.6 Å². The summed E-state index contributed by atoms with van der Waals surface area (Å²) in [6.07, 6.45) is 2.66. The minimum Gasteiger partial charge on any atom is -0.461 e. The van der Waals surface area contributed by atoms with Crippen LogP contribution < -0.4 is 10.2 Å². The molecule has 1 N–H and O–H groups in total. The molecule has 1 saturated heterocycles. The zero-order valence-electron chi connectivity index (χ0n) is 23.8. The standard InChI is InChI=1S/C32H34N4O5/c1-32(2,3)41-31(39)36-24-9-7-21(12-24)29(36)30(38)34-23(17-33)16-25-13-22-11-18(8-10-27(22)40-25)19-5-6-20-15-28(37)35(4)26(20)14-19/h5-6,8,10-11,13-14,21,23-24,29H,7,9,12,15-16H2,1-4H3,(H,34,38). The van der Waals surface area contributed by atoms with Crippen LogP contribution in [-0.2, 0) is 27.2 Å². The van der Waals surface area contributed by atoms with Crippen molar-refractivity contribution in [2.24, 2.45) is 5.92 Å². The number of fused-ring (bicyclic) bond motifs is 4. The fraction of sp³-hybridized carbons (Fsp3) is 0.438. The first-order valence-electron chi connectivity index (χ1n) is 14.1. The molecule has 6 rings (SSSR count). The van der Waals surface area contributed by atoms with Gasteiger partial charge in [0, 0.05) is 30.6 Å². The second-order valence-corrected chi connectivity index (χ2v) is 12.4. The quantitative estimate of drug-likeness (QED) is 0.477. The number of anilines is 1. The number of likely N-dealkylation sites (N-methyl/N-ethyl adjacent to an activating group) is 1. The van der Waals surface area contributed by atoms with E-state index < -0.39 is 23.8 Å². The molecule has 212 valence electrons. The molecule has 1 aliphatic carbocycles. The molecule has 0 radical (unpaired) electrons. The van der Waals surface area contributed by atoms with Crippen molar-refractivity contribution in [2.45, 2.75) is 76.6 Å². The van der Waals surface area contributed by atoms with Crippen LogP contribution in [0.1, 0.15) is 51.4 Å². The molecule has 3 amide bonds. The monoisotopic (exact) mass is 554 g/mol. The van der Waals surface area contributed by atoms with Gasteiger partial charge in [-0.05, 0) is 86.9 Å². The van der Waals surface area contributed by atoms with Gasteiger partial charge in [0.05, 0.1) is 12.5 Å². The molecule has 3 aromatic rings. The van der Waals surface area contributed by atoms with Gasteiger partial charge in [0.1, 0.15) is 29.0 Å². The van der Waals surface area contributed by atoms with E-state index in [1.165, 1.54) is 0 Å². The van der Waals surface area contributed by atoms with Gasteiger partial charge in [-0.1, -0.05) is 18.2 Å². The van der Waals surface area contributed by atoms with E-state index in [1.807, 2.05) is 63.2 Å². The number of carbonyl (C=O) groups is 3. The van der Waals surface area contributed by atoms with Gasteiger partial charge in [-0.25, -0.2) is 4.79 Å². The third-order valence-corrected chi connectivity index (χ3v) is 8.40. The van der Waals surface area contributed by atoms with Crippen molar-refractivity contribution < 1.29 is 23.5 Å². The van der Waals surface area contributed by atoms with Crippen molar-refractivity contribution in [1.82, 2.24) is 10.2 Å². The normalized spacial score (nSPS) is 22.1. The Balaban J connectivity index is 1.16. The van der Waals surface area contributed by atoms with Crippen LogP contribution in [0.5, 0.6) is 0 Å². The molecule has 1 saturated carbocycles. The van der Waals surface area contributed by atoms with E-state index in [-0.39, 0.29) is 30.2 Å². The molecule has 1 aromatic heterocycles. The van der Waals surface area contributed by atoms with Gasteiger partial charge < -0.3 is 19.4 Å². The van der Waals surface area contributed by atoms with Crippen LogP contribution in [0, 0.1) is 17.2 Å². The third kappa shape index (κ3) is 5.03. The summed E-state index contributed by atoms with van der Waals surface area (Å²) < 4.78 is 11.6. The Labute approximate surface area is 239 Å². The molecule has 4 atom stereocenters. The lowest BCUT2D eigenvalue weighted by Crippen LogP contribution is -2.55. The zero-order chi connectivity index (χ0) is 29.1. The van der Waals surface area contributed by atoms with Gasteiger partial charge in [0.2, 0.25) is 11.8 Å². The van der Waals surface area contributed by atoms with Crippen molar-refractivity contribution in [3.05, 3.63) is 53.8 Å². The number of ether oxygens (including phenoxy) is 1. The number of benzene rings is 2. The largest absolute Gasteiger partial charge is 0.461 e. The molecule has 2 fully saturated rings. The fourth-order valence-electron chi connectivity index (χ4n) is 6.49. The summed E-state index contributed by atoms with van der Waals surface area (Å²) in [6, 6.07) is 14.5. The second kappa shape index (κ2) is 9.95. The first-order valence-corrected chi connectivity index (χ1v) is 14.1. The summed E-state index contributed by atoms with van der Waals surface area (Å²) in [5, 5.41) is 13.6. The summed E-state index contributed by atoms with van der Waals surface area (Å²) in [7, 11) is 1.79. The Morgan fingerprint density at radius 2 is 1.90 bits per heavy atom. The first-order chi connectivity index (χ1) is 19.5. The minimum atomic E-state index is -0.813. The summed E-state index contributed by atoms with van der Waals surface area (Å²) in [5.41, 5.74) is 3.96. The molecule has 2 aromatic carbocycles. The summed E-state index contributed by atoms with van der Waals surface area (Å²) in [4.78, 5) is 41.7. The van der Waals surface area contributed by atoms with Crippen LogP contribution in [0.2, 0.25) is 0 Å². The summed E-state index contributed by atoms with van der Waals surface area (Å²) in [5.74, 6) is 0.408. The van der Waals surface area contributed by atoms with Crippen molar-refractivity contribution in [1.29, 1.82) is 5.26 Å². The maximum Gasteiger partial charge on any atom is 0.411 e. The Morgan fingerprint density at radius 1 is 1.15 bits per heavy atom. The first kappa shape index (κ1) is 26.9. The molecule has 0 spiro atoms. The molecule has 3 heterocycles. The lowest BCUT2D eigenvalue weighted by atomic mass is 9.97. The van der Waals surface area contributed by atoms with E-state index in [2.05, 4.69) is 11.4 Å². The summed E-state index contributed by atoms with van der Waals surface area (Å²) in [6.45, 7) is 5.42. The molecule has 9 nitrogen and oxygen atoms in total. The number of likely N-dealkylation sites (tertiary alicyclic amines) is 1. The molecular weight excluding hydrogens is 520 g/mol. The van der Waals surface area contributed by atoms with Gasteiger partial charge in [-0.2, -0.15) is 5.26 Å². The number of amides is 3. The minimum absolute atomic E-state index is 0.0118. The van der Waals surface area contributed by atoms with E-state index in [1.54, 1.807) is 16.8 Å². The lowest BCUT2D eigenvalue weighted by molar-refractivity contribution is -0.128. The zero-order valence-corrected chi connectivity index (χ0v) is 23.8. The van der Waals surface area contributed by atoms with Gasteiger partial charge in [-0.3, -0.25) is 14.5 Å². The van der Waals surface area contributed by atoms with Gasteiger partial charge in [-0.15, -0.1) is 0 Å². The number of rotatable bonds is 5. The predicted molar refractivity (Wildman–Crippen MR) is 153 cm³/mol.